The van der Waals surface area contributed by atoms with Crippen molar-refractivity contribution in [3.63, 3.8) is 0 Å². The molecule has 0 N–H and O–H groups in total. The molecule has 1 saturated heterocycles. The lowest BCUT2D eigenvalue weighted by Crippen LogP contribution is -2.40. The largest absolute Gasteiger partial charge is 0.333 e. The monoisotopic (exact) mass is 322 g/mol. The first-order valence-corrected chi connectivity index (χ1v) is 8.45. The summed E-state index contributed by atoms with van der Waals surface area (Å²) in [5.74, 6) is 1.64. The van der Waals surface area contributed by atoms with E-state index in [2.05, 4.69) is 49.8 Å². The number of para-hydroxylation sites is 1. The molecule has 1 aliphatic heterocycles. The van der Waals surface area contributed by atoms with E-state index in [1.54, 1.807) is 6.33 Å². The van der Waals surface area contributed by atoms with Gasteiger partial charge < -0.3 is 4.57 Å². The van der Waals surface area contributed by atoms with Gasteiger partial charge in [0.15, 0.2) is 0 Å². The van der Waals surface area contributed by atoms with Crippen LogP contribution < -0.4 is 0 Å². The van der Waals surface area contributed by atoms with Gasteiger partial charge in [0.05, 0.1) is 18.6 Å². The van der Waals surface area contributed by atoms with Crippen molar-refractivity contribution in [3.8, 4) is 5.69 Å². The Bertz CT molecular complexity index is 764. The van der Waals surface area contributed by atoms with E-state index < -0.39 is 0 Å². The van der Waals surface area contributed by atoms with Crippen LogP contribution >= 0.6 is 0 Å². The van der Waals surface area contributed by atoms with Crippen LogP contribution in [0.2, 0.25) is 0 Å². The molecule has 0 amide bonds. The molecule has 24 heavy (non-hydrogen) atoms. The van der Waals surface area contributed by atoms with E-state index in [1.165, 1.54) is 6.42 Å². The minimum absolute atomic E-state index is 0.467. The predicted octanol–water partition coefficient (Wildman–Crippen LogP) is 2.55. The summed E-state index contributed by atoms with van der Waals surface area (Å²) in [6.07, 6.45) is 8.68. The summed E-state index contributed by atoms with van der Waals surface area (Å²) in [5.41, 5.74) is 1.06. The minimum atomic E-state index is 0.467. The molecule has 4 rings (SSSR count). The molecule has 0 spiro atoms. The molecule has 0 saturated carbocycles. The molecule has 3 heterocycles. The predicted molar refractivity (Wildman–Crippen MR) is 91.7 cm³/mol. The van der Waals surface area contributed by atoms with E-state index in [-0.39, 0.29) is 0 Å². The van der Waals surface area contributed by atoms with E-state index in [0.717, 1.165) is 31.1 Å². The summed E-state index contributed by atoms with van der Waals surface area (Å²) in [7, 11) is 0. The second-order valence-corrected chi connectivity index (χ2v) is 6.50. The third kappa shape index (κ3) is 2.97. The summed E-state index contributed by atoms with van der Waals surface area (Å²) in [6, 6.07) is 10.7. The topological polar surface area (TPSA) is 51.8 Å². The van der Waals surface area contributed by atoms with Gasteiger partial charge in [-0.15, -0.1) is 0 Å². The molecule has 2 aromatic heterocycles. The maximum Gasteiger partial charge on any atom is 0.146 e. The van der Waals surface area contributed by atoms with Crippen LogP contribution in [0.5, 0.6) is 0 Å². The highest BCUT2D eigenvalue weighted by Crippen LogP contribution is 2.28. The lowest BCUT2D eigenvalue weighted by molar-refractivity contribution is 0.123. The molecular formula is C18H22N6. The number of rotatable bonds is 4. The number of aromatic nitrogens is 5. The molecule has 2 atom stereocenters. The van der Waals surface area contributed by atoms with Crippen molar-refractivity contribution in [2.75, 3.05) is 13.1 Å². The Labute approximate surface area is 141 Å². The Morgan fingerprint density at radius 1 is 1.21 bits per heavy atom. The normalized spacial score (nSPS) is 21.9. The quantitative estimate of drug-likeness (QED) is 0.741. The van der Waals surface area contributed by atoms with Gasteiger partial charge in [-0.05, 0) is 31.0 Å². The van der Waals surface area contributed by atoms with Crippen LogP contribution in [0.15, 0.2) is 55.4 Å². The zero-order valence-electron chi connectivity index (χ0n) is 13.9. The molecule has 0 unspecified atom stereocenters. The third-order valence-electron chi connectivity index (χ3n) is 4.89. The summed E-state index contributed by atoms with van der Waals surface area (Å²) < 4.78 is 4.17. The SMILES string of the molecule is C[C@H]1CCN(Cc2ncnn2-c2ccccc2)C[C@@H]1n1ccnc1. The second kappa shape index (κ2) is 6.57. The van der Waals surface area contributed by atoms with E-state index in [1.807, 2.05) is 35.4 Å². The van der Waals surface area contributed by atoms with Crippen molar-refractivity contribution in [3.05, 3.63) is 61.2 Å². The van der Waals surface area contributed by atoms with Crippen LogP contribution in [-0.4, -0.2) is 42.3 Å². The lowest BCUT2D eigenvalue weighted by Gasteiger charge is -2.37. The fraction of sp³-hybridized carbons (Fsp3) is 0.389. The minimum Gasteiger partial charge on any atom is -0.333 e. The lowest BCUT2D eigenvalue weighted by atomic mass is 9.93. The zero-order valence-corrected chi connectivity index (χ0v) is 13.9. The average molecular weight is 322 g/mol. The van der Waals surface area contributed by atoms with Gasteiger partial charge in [-0.2, -0.15) is 5.10 Å². The molecule has 1 aromatic carbocycles. The first-order valence-electron chi connectivity index (χ1n) is 8.45. The zero-order chi connectivity index (χ0) is 16.4. The van der Waals surface area contributed by atoms with Crippen LogP contribution in [0.1, 0.15) is 25.2 Å². The second-order valence-electron chi connectivity index (χ2n) is 6.50. The molecule has 3 aromatic rings. The van der Waals surface area contributed by atoms with Crippen LogP contribution in [0.25, 0.3) is 5.69 Å². The van der Waals surface area contributed by atoms with Crippen LogP contribution in [0, 0.1) is 5.92 Å². The first-order chi connectivity index (χ1) is 11.8. The van der Waals surface area contributed by atoms with Gasteiger partial charge in [0.25, 0.3) is 0 Å². The number of hydrogen-bond donors (Lipinski definition) is 0. The van der Waals surface area contributed by atoms with Gasteiger partial charge in [0.2, 0.25) is 0 Å². The Morgan fingerprint density at radius 3 is 2.88 bits per heavy atom. The van der Waals surface area contributed by atoms with Crippen molar-refractivity contribution in [2.24, 2.45) is 5.92 Å². The van der Waals surface area contributed by atoms with E-state index >= 15 is 0 Å². The number of hydrogen-bond acceptors (Lipinski definition) is 4. The molecule has 124 valence electrons. The molecule has 1 aliphatic rings. The van der Waals surface area contributed by atoms with Gasteiger partial charge in [0, 0.05) is 25.0 Å². The summed E-state index contributed by atoms with van der Waals surface area (Å²) in [4.78, 5) is 11.2. The van der Waals surface area contributed by atoms with Crippen LogP contribution in [0.4, 0.5) is 0 Å². The fourth-order valence-electron chi connectivity index (χ4n) is 3.47. The number of imidazole rings is 1. The van der Waals surface area contributed by atoms with Crippen molar-refractivity contribution in [2.45, 2.75) is 25.9 Å². The highest BCUT2D eigenvalue weighted by molar-refractivity contribution is 5.30. The number of piperidine rings is 1. The fourth-order valence-corrected chi connectivity index (χ4v) is 3.47. The summed E-state index contributed by atoms with van der Waals surface area (Å²) in [6.45, 7) is 5.24. The van der Waals surface area contributed by atoms with Gasteiger partial charge in [-0.3, -0.25) is 4.90 Å². The van der Waals surface area contributed by atoms with Gasteiger partial charge in [-0.25, -0.2) is 14.6 Å². The van der Waals surface area contributed by atoms with Crippen LogP contribution in [0.3, 0.4) is 0 Å². The molecule has 6 nitrogen and oxygen atoms in total. The number of nitrogens with zero attached hydrogens (tertiary/aromatic N) is 6. The van der Waals surface area contributed by atoms with Crippen molar-refractivity contribution < 1.29 is 0 Å². The maximum absolute atomic E-state index is 4.48. The van der Waals surface area contributed by atoms with Gasteiger partial charge >= 0.3 is 0 Å². The highest BCUT2D eigenvalue weighted by Gasteiger charge is 2.28. The van der Waals surface area contributed by atoms with E-state index in [9.17, 15) is 0 Å². The summed E-state index contributed by atoms with van der Waals surface area (Å²) >= 11 is 0. The Balaban J connectivity index is 1.51. The molecule has 6 heteroatoms. The third-order valence-corrected chi connectivity index (χ3v) is 4.89. The Hall–Kier alpha value is -2.47. The number of likely N-dealkylation sites (tertiary alicyclic amines) is 1. The smallest absolute Gasteiger partial charge is 0.146 e. The molecule has 0 bridgehead atoms. The molecule has 1 fully saturated rings. The van der Waals surface area contributed by atoms with Crippen LogP contribution in [-0.2, 0) is 6.54 Å². The highest BCUT2D eigenvalue weighted by atomic mass is 15.4. The Morgan fingerprint density at radius 2 is 2.08 bits per heavy atom. The van der Waals surface area contributed by atoms with Gasteiger partial charge in [-0.1, -0.05) is 25.1 Å². The van der Waals surface area contributed by atoms with E-state index in [4.69, 9.17) is 0 Å². The molecule has 0 aliphatic carbocycles. The summed E-state index contributed by atoms with van der Waals surface area (Å²) in [5, 5.41) is 4.40. The first kappa shape index (κ1) is 15.1. The molecular weight excluding hydrogens is 300 g/mol. The number of benzene rings is 1. The van der Waals surface area contributed by atoms with Crippen molar-refractivity contribution >= 4 is 0 Å². The van der Waals surface area contributed by atoms with Crippen molar-refractivity contribution in [1.82, 2.24) is 29.2 Å². The standard InChI is InChI=1S/C18H22N6/c1-15-7-9-22(11-17(15)23-10-8-19-14-23)12-18-20-13-21-24(18)16-5-3-2-4-6-16/h2-6,8,10,13-15,17H,7,9,11-12H2,1H3/t15-,17-/m0/s1. The van der Waals surface area contributed by atoms with E-state index in [0.29, 0.717) is 12.0 Å². The average Bonchev–Trinajstić information content (AvgIpc) is 3.29. The maximum atomic E-state index is 4.48. The Kier molecular flexibility index (Phi) is 4.13. The molecule has 0 radical (unpaired) electrons. The van der Waals surface area contributed by atoms with Gasteiger partial charge in [0.1, 0.15) is 12.2 Å². The van der Waals surface area contributed by atoms with Crippen molar-refractivity contribution in [1.29, 1.82) is 0 Å².